The molecular formula is C16H21N3O4. The summed E-state index contributed by atoms with van der Waals surface area (Å²) in [4.78, 5) is 17.1. The first-order valence-electron chi connectivity index (χ1n) is 7.29. The molecule has 7 heteroatoms. The standard InChI is InChI=1S/C16H21N3O4/c1-19(2)8-7-17-15-6-3-11-9-12(4-5-13(11)18-15)23-10-14(20)16(21)22/h3-6,9,14,20H,7-8,10H2,1-2H3,(H,17,18)(H,21,22). The minimum absolute atomic E-state index is 0.293. The van der Waals surface area contributed by atoms with E-state index in [2.05, 4.69) is 15.2 Å². The monoisotopic (exact) mass is 319 g/mol. The summed E-state index contributed by atoms with van der Waals surface area (Å²) in [7, 11) is 4.02. The van der Waals surface area contributed by atoms with Crippen LogP contribution < -0.4 is 10.1 Å². The van der Waals surface area contributed by atoms with Gasteiger partial charge in [-0.25, -0.2) is 9.78 Å². The Hall–Kier alpha value is -2.38. The van der Waals surface area contributed by atoms with E-state index in [1.54, 1.807) is 18.2 Å². The van der Waals surface area contributed by atoms with Crippen LogP contribution in [0.3, 0.4) is 0 Å². The summed E-state index contributed by atoms with van der Waals surface area (Å²) in [5, 5.41) is 22.0. The Morgan fingerprint density at radius 1 is 1.35 bits per heavy atom. The number of ether oxygens (including phenoxy) is 1. The van der Waals surface area contributed by atoms with Gasteiger partial charge < -0.3 is 25.2 Å². The summed E-state index contributed by atoms with van der Waals surface area (Å²) >= 11 is 0. The highest BCUT2D eigenvalue weighted by Gasteiger charge is 2.13. The van der Waals surface area contributed by atoms with Gasteiger partial charge in [-0.1, -0.05) is 0 Å². The molecule has 0 radical (unpaired) electrons. The quantitative estimate of drug-likeness (QED) is 0.669. The van der Waals surface area contributed by atoms with Crippen molar-refractivity contribution in [2.45, 2.75) is 6.10 Å². The molecule has 1 heterocycles. The molecule has 1 aromatic heterocycles. The lowest BCUT2D eigenvalue weighted by molar-refractivity contribution is -0.148. The SMILES string of the molecule is CN(C)CCNc1ccc2cc(OCC(O)C(=O)O)ccc2n1. The molecule has 2 rings (SSSR count). The number of carboxylic acids is 1. The van der Waals surface area contributed by atoms with Gasteiger partial charge in [0.1, 0.15) is 18.2 Å². The smallest absolute Gasteiger partial charge is 0.336 e. The summed E-state index contributed by atoms with van der Waals surface area (Å²) in [5.74, 6) is -0.0110. The minimum atomic E-state index is -1.54. The summed E-state index contributed by atoms with van der Waals surface area (Å²) in [6, 6.07) is 9.07. The molecule has 0 aliphatic rings. The van der Waals surface area contributed by atoms with Gasteiger partial charge >= 0.3 is 5.97 Å². The van der Waals surface area contributed by atoms with Crippen LogP contribution in [0.5, 0.6) is 5.75 Å². The summed E-state index contributed by atoms with van der Waals surface area (Å²) in [6.07, 6.45) is -1.54. The first-order valence-corrected chi connectivity index (χ1v) is 7.29. The van der Waals surface area contributed by atoms with E-state index in [4.69, 9.17) is 9.84 Å². The molecule has 124 valence electrons. The summed E-state index contributed by atoms with van der Waals surface area (Å²) in [5.41, 5.74) is 0.811. The molecule has 3 N–H and O–H groups in total. The molecule has 1 atom stereocenters. The maximum absolute atomic E-state index is 10.5. The molecule has 0 amide bonds. The predicted octanol–water partition coefficient (Wildman–Crippen LogP) is 1.03. The van der Waals surface area contributed by atoms with Gasteiger partial charge in [0.25, 0.3) is 0 Å². The average molecular weight is 319 g/mol. The van der Waals surface area contributed by atoms with Crippen molar-refractivity contribution in [1.82, 2.24) is 9.88 Å². The van der Waals surface area contributed by atoms with E-state index in [0.29, 0.717) is 5.75 Å². The first-order chi connectivity index (χ1) is 11.0. The van der Waals surface area contributed by atoms with Gasteiger partial charge in [-0.05, 0) is 44.4 Å². The maximum atomic E-state index is 10.5. The van der Waals surface area contributed by atoms with Gasteiger partial charge in [0.05, 0.1) is 5.52 Å². The molecule has 0 saturated carbocycles. The van der Waals surface area contributed by atoms with Crippen molar-refractivity contribution in [3.8, 4) is 5.75 Å². The van der Waals surface area contributed by atoms with Crippen LogP contribution in [0.25, 0.3) is 10.9 Å². The molecule has 0 aliphatic carbocycles. The topological polar surface area (TPSA) is 94.9 Å². The maximum Gasteiger partial charge on any atom is 0.336 e. The third-order valence-electron chi connectivity index (χ3n) is 3.22. The number of aromatic nitrogens is 1. The van der Waals surface area contributed by atoms with Crippen LogP contribution in [0.2, 0.25) is 0 Å². The highest BCUT2D eigenvalue weighted by atomic mass is 16.5. The van der Waals surface area contributed by atoms with Crippen LogP contribution in [0.4, 0.5) is 5.82 Å². The van der Waals surface area contributed by atoms with E-state index in [1.165, 1.54) is 0 Å². The second-order valence-corrected chi connectivity index (χ2v) is 5.45. The molecular weight excluding hydrogens is 298 g/mol. The zero-order valence-corrected chi connectivity index (χ0v) is 13.2. The van der Waals surface area contributed by atoms with Crippen molar-refractivity contribution in [2.75, 3.05) is 39.1 Å². The van der Waals surface area contributed by atoms with E-state index < -0.39 is 12.1 Å². The first kappa shape index (κ1) is 17.0. The fraction of sp³-hybridized carbons (Fsp3) is 0.375. The molecule has 2 aromatic rings. The Morgan fingerprint density at radius 3 is 2.83 bits per heavy atom. The number of likely N-dealkylation sites (N-methyl/N-ethyl adjacent to an activating group) is 1. The normalized spacial score (nSPS) is 12.3. The number of carboxylic acid groups (broad SMARTS) is 1. The number of nitrogens with zero attached hydrogens (tertiary/aromatic N) is 2. The van der Waals surface area contributed by atoms with Crippen LogP contribution in [0.15, 0.2) is 30.3 Å². The van der Waals surface area contributed by atoms with Crippen LogP contribution in [0.1, 0.15) is 0 Å². The van der Waals surface area contributed by atoms with Crippen molar-refractivity contribution < 1.29 is 19.7 Å². The third-order valence-corrected chi connectivity index (χ3v) is 3.22. The lowest BCUT2D eigenvalue weighted by Gasteiger charge is -2.12. The van der Waals surface area contributed by atoms with Crippen LogP contribution in [0, 0.1) is 0 Å². The van der Waals surface area contributed by atoms with Crippen LogP contribution in [-0.4, -0.2) is 66.0 Å². The van der Waals surface area contributed by atoms with Gasteiger partial charge in [0, 0.05) is 18.5 Å². The number of hydrogen-bond donors (Lipinski definition) is 3. The molecule has 7 nitrogen and oxygen atoms in total. The molecule has 0 bridgehead atoms. The molecule has 23 heavy (non-hydrogen) atoms. The third kappa shape index (κ3) is 5.08. The molecule has 0 aliphatic heterocycles. The predicted molar refractivity (Wildman–Crippen MR) is 87.9 cm³/mol. The number of rotatable bonds is 8. The number of aliphatic hydroxyl groups is 1. The highest BCUT2D eigenvalue weighted by molar-refractivity contribution is 5.81. The van der Waals surface area contributed by atoms with E-state index >= 15 is 0 Å². The van der Waals surface area contributed by atoms with Crippen LogP contribution >= 0.6 is 0 Å². The lowest BCUT2D eigenvalue weighted by Crippen LogP contribution is -2.26. The number of benzene rings is 1. The van der Waals surface area contributed by atoms with E-state index in [-0.39, 0.29) is 6.61 Å². The number of anilines is 1. The number of hydrogen-bond acceptors (Lipinski definition) is 6. The Kier molecular flexibility index (Phi) is 5.72. The van der Waals surface area contributed by atoms with E-state index in [1.807, 2.05) is 26.2 Å². The fourth-order valence-corrected chi connectivity index (χ4v) is 1.95. The Morgan fingerprint density at radius 2 is 2.13 bits per heavy atom. The van der Waals surface area contributed by atoms with Gasteiger partial charge in [0.2, 0.25) is 0 Å². The summed E-state index contributed by atoms with van der Waals surface area (Å²) in [6.45, 7) is 1.43. The van der Waals surface area contributed by atoms with Crippen molar-refractivity contribution in [3.05, 3.63) is 30.3 Å². The van der Waals surface area contributed by atoms with Gasteiger partial charge in [-0.15, -0.1) is 0 Å². The summed E-state index contributed by atoms with van der Waals surface area (Å²) < 4.78 is 5.28. The zero-order valence-electron chi connectivity index (χ0n) is 13.2. The highest BCUT2D eigenvalue weighted by Crippen LogP contribution is 2.21. The van der Waals surface area contributed by atoms with Crippen LogP contribution in [-0.2, 0) is 4.79 Å². The minimum Gasteiger partial charge on any atom is -0.490 e. The number of aliphatic carboxylic acids is 1. The number of aliphatic hydroxyl groups excluding tert-OH is 1. The molecule has 0 fully saturated rings. The Labute approximate surface area is 134 Å². The largest absolute Gasteiger partial charge is 0.490 e. The number of pyridine rings is 1. The van der Waals surface area contributed by atoms with E-state index in [9.17, 15) is 9.90 Å². The fourth-order valence-electron chi connectivity index (χ4n) is 1.95. The van der Waals surface area contributed by atoms with Crippen molar-refractivity contribution >= 4 is 22.7 Å². The van der Waals surface area contributed by atoms with Gasteiger partial charge in [-0.2, -0.15) is 0 Å². The zero-order chi connectivity index (χ0) is 16.8. The Balaban J connectivity index is 2.02. The van der Waals surface area contributed by atoms with Gasteiger partial charge in [-0.3, -0.25) is 0 Å². The average Bonchev–Trinajstić information content (AvgIpc) is 2.52. The number of nitrogens with one attached hydrogen (secondary N) is 1. The lowest BCUT2D eigenvalue weighted by atomic mass is 10.2. The van der Waals surface area contributed by atoms with Gasteiger partial charge in [0.15, 0.2) is 6.10 Å². The molecule has 1 unspecified atom stereocenters. The number of fused-ring (bicyclic) bond motifs is 1. The van der Waals surface area contributed by atoms with Crippen molar-refractivity contribution in [3.63, 3.8) is 0 Å². The van der Waals surface area contributed by atoms with E-state index in [0.717, 1.165) is 29.8 Å². The Bertz CT molecular complexity index is 675. The molecule has 0 spiro atoms. The molecule has 1 aromatic carbocycles. The number of carbonyl (C=O) groups is 1. The van der Waals surface area contributed by atoms with Crippen molar-refractivity contribution in [1.29, 1.82) is 0 Å². The second-order valence-electron chi connectivity index (χ2n) is 5.45. The second kappa shape index (κ2) is 7.75. The van der Waals surface area contributed by atoms with Crippen molar-refractivity contribution in [2.24, 2.45) is 0 Å². The molecule has 0 saturated heterocycles.